The van der Waals surface area contributed by atoms with Gasteiger partial charge in [0.05, 0.1) is 31.3 Å². The molecule has 1 saturated carbocycles. The summed E-state index contributed by atoms with van der Waals surface area (Å²) < 4.78 is 10.1. The molecule has 1 saturated heterocycles. The fraction of sp³-hybridized carbons (Fsp3) is 0.394. The second kappa shape index (κ2) is 16.5. The molecule has 0 spiro atoms. The lowest BCUT2D eigenvalue weighted by Gasteiger charge is -2.38. The Hall–Kier alpha value is -4.26. The third-order valence-corrected chi connectivity index (χ3v) is 8.98. The van der Waals surface area contributed by atoms with Crippen LogP contribution in [0.2, 0.25) is 10.0 Å². The summed E-state index contributed by atoms with van der Waals surface area (Å²) in [7, 11) is 8.68. The van der Waals surface area contributed by atoms with Gasteiger partial charge in [-0.05, 0) is 57.0 Å². The van der Waals surface area contributed by atoms with Crippen LogP contribution in [-0.4, -0.2) is 87.7 Å². The van der Waals surface area contributed by atoms with Gasteiger partial charge in [0, 0.05) is 57.1 Å². The highest BCUT2D eigenvalue weighted by Gasteiger charge is 2.33. The molecule has 2 amide bonds. The predicted molar refractivity (Wildman–Crippen MR) is 190 cm³/mol. The summed E-state index contributed by atoms with van der Waals surface area (Å²) in [5, 5.41) is 9.90. The summed E-state index contributed by atoms with van der Waals surface area (Å²) in [5.74, 6) is 1.74. The Bertz CT molecular complexity index is 1540. The fourth-order valence-corrected chi connectivity index (χ4v) is 6.03. The van der Waals surface area contributed by atoms with Gasteiger partial charge in [-0.15, -0.1) is 0 Å². The molecule has 5 rings (SSSR count). The number of ether oxygens (including phenoxy) is 2. The van der Waals surface area contributed by atoms with Crippen LogP contribution in [0.5, 0.6) is 11.5 Å². The van der Waals surface area contributed by atoms with Gasteiger partial charge in [-0.2, -0.15) is 0 Å². The number of rotatable bonds is 12. The molecule has 0 atom stereocenters. The number of amides is 2. The lowest BCUT2D eigenvalue weighted by atomic mass is 10.0. The van der Waals surface area contributed by atoms with Crippen molar-refractivity contribution in [2.24, 2.45) is 0 Å². The molecule has 1 aromatic heterocycles. The lowest BCUT2D eigenvalue weighted by Crippen LogP contribution is -2.44. The number of benzene rings is 2. The Morgan fingerprint density at radius 3 is 2.17 bits per heavy atom. The molecule has 0 bridgehead atoms. The maximum atomic E-state index is 12.1. The highest BCUT2D eigenvalue weighted by atomic mass is 35.5. The van der Waals surface area contributed by atoms with E-state index < -0.39 is 0 Å². The second-order valence-corrected chi connectivity index (χ2v) is 11.9. The monoisotopic (exact) mass is 684 g/mol. The minimum Gasteiger partial charge on any atom is -0.495 e. The molecule has 2 aliphatic rings. The van der Waals surface area contributed by atoms with Crippen molar-refractivity contribution >= 4 is 69.9 Å². The summed E-state index contributed by atoms with van der Waals surface area (Å²) in [5.41, 5.74) is 3.00. The molecule has 0 radical (unpaired) electrons. The highest BCUT2D eigenvalue weighted by Crippen LogP contribution is 2.43. The van der Waals surface area contributed by atoms with Crippen LogP contribution in [0.4, 0.5) is 34.4 Å². The van der Waals surface area contributed by atoms with Crippen molar-refractivity contribution < 1.29 is 19.1 Å². The van der Waals surface area contributed by atoms with Crippen LogP contribution in [0.3, 0.4) is 0 Å². The van der Waals surface area contributed by atoms with Gasteiger partial charge < -0.3 is 40.1 Å². The number of methoxy groups -OCH3 is 2. The summed E-state index contributed by atoms with van der Waals surface area (Å²) in [6.07, 6.45) is 8.24. The van der Waals surface area contributed by atoms with Crippen LogP contribution in [0.15, 0.2) is 49.3 Å². The third kappa shape index (κ3) is 8.97. The Kier molecular flexibility index (Phi) is 12.5. The molecule has 47 heavy (non-hydrogen) atoms. The van der Waals surface area contributed by atoms with E-state index in [1.165, 1.54) is 44.4 Å². The maximum absolute atomic E-state index is 12.1. The van der Waals surface area contributed by atoms with Gasteiger partial charge in [0.2, 0.25) is 12.3 Å². The molecule has 0 unspecified atom stereocenters. The van der Waals surface area contributed by atoms with E-state index in [0.29, 0.717) is 62.7 Å². The summed E-state index contributed by atoms with van der Waals surface area (Å²) >= 11 is 12.0. The number of carbonyl (C=O) groups excluding carboxylic acids is 2. The van der Waals surface area contributed by atoms with Gasteiger partial charge in [-0.25, -0.2) is 9.97 Å². The minimum atomic E-state index is -0.288. The molecule has 12 nitrogen and oxygen atoms in total. The Morgan fingerprint density at radius 1 is 0.979 bits per heavy atom. The molecule has 2 aromatic carbocycles. The number of hydrogen-bond donors (Lipinski definition) is 3. The van der Waals surface area contributed by atoms with Crippen LogP contribution in [0, 0.1) is 0 Å². The number of hydrogen-bond acceptors (Lipinski definition) is 10. The summed E-state index contributed by atoms with van der Waals surface area (Å²) in [6.45, 7) is 5.53. The molecule has 3 aromatic rings. The predicted octanol–water partition coefficient (Wildman–Crippen LogP) is 6.05. The Morgan fingerprint density at radius 2 is 1.62 bits per heavy atom. The van der Waals surface area contributed by atoms with E-state index in [9.17, 15) is 9.59 Å². The molecule has 2 heterocycles. The van der Waals surface area contributed by atoms with Gasteiger partial charge in [0.15, 0.2) is 0 Å². The smallest absolute Gasteiger partial charge is 0.247 e. The van der Waals surface area contributed by atoms with Gasteiger partial charge in [0.1, 0.15) is 39.5 Å². The number of carbonyl (C=O) groups is 2. The molecule has 2 fully saturated rings. The zero-order chi connectivity index (χ0) is 34.1. The minimum absolute atomic E-state index is 0.288. The number of anilines is 6. The zero-order valence-corrected chi connectivity index (χ0v) is 28.9. The van der Waals surface area contributed by atoms with E-state index in [0.717, 1.165) is 37.7 Å². The van der Waals surface area contributed by atoms with Gasteiger partial charge in [0.25, 0.3) is 0 Å². The zero-order valence-electron chi connectivity index (χ0n) is 27.3. The van der Waals surface area contributed by atoms with E-state index in [1.807, 2.05) is 12.1 Å². The number of piperidine rings is 1. The molecule has 1 aliphatic carbocycles. The molecule has 14 heteroatoms. The van der Waals surface area contributed by atoms with E-state index >= 15 is 0 Å². The quantitative estimate of drug-likeness (QED) is 0.153. The van der Waals surface area contributed by atoms with Crippen LogP contribution in [-0.2, 0) is 9.59 Å². The summed E-state index contributed by atoms with van der Waals surface area (Å²) in [6, 6.07) is 10.7. The number of halogens is 2. The molecule has 252 valence electrons. The topological polar surface area (TPSA) is 124 Å². The first kappa shape index (κ1) is 35.6. The van der Waals surface area contributed by atoms with E-state index in [-0.39, 0.29) is 5.91 Å². The van der Waals surface area contributed by atoms with E-state index in [4.69, 9.17) is 32.7 Å². The Balaban J connectivity index is 0.000000300. The average Bonchev–Trinajstić information content (AvgIpc) is 3.95. The van der Waals surface area contributed by atoms with Crippen molar-refractivity contribution in [3.05, 3.63) is 59.4 Å². The standard InChI is InChI=1S/C24H31N7O2.C9H11Cl2NO2/c1-4-24(33)28-21-13-19(31-11-9-18(10-12-31)30(3)17-5-6-17)7-8-20(21)27-22-14-23(26-15-25-22)29(2)16-32;1-12-9-7(10)5(13-2)4-6(14-3)8(9)11/h4,7-8,13-18H,1,5-6,9-12H2,2-3H3,(H,28,33)(H,25,26,27);4,12H,1-3H3. The van der Waals surface area contributed by atoms with Crippen LogP contribution in [0.25, 0.3) is 0 Å². The number of aromatic nitrogens is 2. The third-order valence-electron chi connectivity index (χ3n) is 8.23. The van der Waals surface area contributed by atoms with Crippen molar-refractivity contribution in [3.8, 4) is 11.5 Å². The van der Waals surface area contributed by atoms with Crippen molar-refractivity contribution in [2.45, 2.75) is 37.8 Å². The molecule has 1 aliphatic heterocycles. The van der Waals surface area contributed by atoms with Crippen molar-refractivity contribution in [1.29, 1.82) is 0 Å². The fourth-order valence-electron chi connectivity index (χ4n) is 5.34. The molecular weight excluding hydrogens is 643 g/mol. The first-order chi connectivity index (χ1) is 22.6. The highest BCUT2D eigenvalue weighted by molar-refractivity contribution is 6.41. The Labute approximate surface area is 286 Å². The van der Waals surface area contributed by atoms with E-state index in [2.05, 4.69) is 55.4 Å². The van der Waals surface area contributed by atoms with E-state index in [1.54, 1.807) is 26.2 Å². The second-order valence-electron chi connectivity index (χ2n) is 11.2. The van der Waals surface area contributed by atoms with Crippen molar-refractivity contribution in [3.63, 3.8) is 0 Å². The SMILES string of the molecule is C=CC(=O)Nc1cc(N2CCC(N(C)C3CC3)CC2)ccc1Nc1cc(N(C)C=O)ncn1.CNc1c(Cl)c(OC)cc(OC)c1Cl. The molecule has 3 N–H and O–H groups in total. The van der Waals surface area contributed by atoms with Crippen molar-refractivity contribution in [2.75, 3.05) is 74.2 Å². The van der Waals surface area contributed by atoms with Gasteiger partial charge in [-0.1, -0.05) is 29.8 Å². The van der Waals surface area contributed by atoms with Crippen LogP contribution < -0.4 is 35.2 Å². The van der Waals surface area contributed by atoms with Crippen molar-refractivity contribution in [1.82, 2.24) is 14.9 Å². The molecular formula is C33H42Cl2N8O4. The average molecular weight is 686 g/mol. The summed E-state index contributed by atoms with van der Waals surface area (Å²) in [4.78, 5) is 37.8. The number of nitrogens with one attached hydrogen (secondary N) is 3. The van der Waals surface area contributed by atoms with Gasteiger partial charge in [-0.3, -0.25) is 9.59 Å². The first-order valence-electron chi connectivity index (χ1n) is 15.2. The number of nitrogens with zero attached hydrogens (tertiary/aromatic N) is 5. The lowest BCUT2D eigenvalue weighted by molar-refractivity contribution is -0.112. The van der Waals surface area contributed by atoms with Crippen LogP contribution in [0.1, 0.15) is 25.7 Å². The first-order valence-corrected chi connectivity index (χ1v) is 16.0. The maximum Gasteiger partial charge on any atom is 0.247 e. The van der Waals surface area contributed by atoms with Gasteiger partial charge >= 0.3 is 0 Å². The normalized spacial score (nSPS) is 14.4. The largest absolute Gasteiger partial charge is 0.495 e. The van der Waals surface area contributed by atoms with Crippen LogP contribution >= 0.6 is 23.2 Å².